The van der Waals surface area contributed by atoms with Crippen LogP contribution in [0.15, 0.2) is 22.7 Å². The normalized spacial score (nSPS) is 20.4. The molecule has 2 aliphatic rings. The molecule has 0 spiro atoms. The van der Waals surface area contributed by atoms with Gasteiger partial charge in [-0.15, -0.1) is 0 Å². The number of rotatable bonds is 6. The highest BCUT2D eigenvalue weighted by Crippen LogP contribution is 2.38. The quantitative estimate of drug-likeness (QED) is 0.850. The van der Waals surface area contributed by atoms with Gasteiger partial charge in [0, 0.05) is 28.8 Å². The second-order valence-electron chi connectivity index (χ2n) is 6.17. The van der Waals surface area contributed by atoms with Crippen LogP contribution in [0.4, 0.5) is 5.69 Å². The molecule has 0 aromatic heterocycles. The molecule has 1 N–H and O–H groups in total. The first-order valence-corrected chi connectivity index (χ1v) is 8.15. The molecule has 0 bridgehead atoms. The second-order valence-corrected chi connectivity index (χ2v) is 7.09. The van der Waals surface area contributed by atoms with Crippen molar-refractivity contribution in [3.63, 3.8) is 0 Å². The highest BCUT2D eigenvalue weighted by Gasteiger charge is 2.30. The third kappa shape index (κ3) is 3.51. The smallest absolute Gasteiger partial charge is 0.0782 e. The molecule has 0 radical (unpaired) electrons. The van der Waals surface area contributed by atoms with E-state index in [1.54, 1.807) is 0 Å². The van der Waals surface area contributed by atoms with Gasteiger partial charge in [-0.2, -0.15) is 0 Å². The fraction of sp³-hybridized carbons (Fsp3) is 0.625. The van der Waals surface area contributed by atoms with Crippen molar-refractivity contribution in [1.82, 2.24) is 0 Å². The first kappa shape index (κ1) is 13.4. The molecule has 2 aliphatic carbocycles. The summed E-state index contributed by atoms with van der Waals surface area (Å²) in [5.74, 6) is 1.76. The van der Waals surface area contributed by atoms with Gasteiger partial charge in [-0.05, 0) is 62.6 Å². The van der Waals surface area contributed by atoms with Gasteiger partial charge in [-0.1, -0.05) is 15.9 Å². The van der Waals surface area contributed by atoms with Crippen LogP contribution in [0.25, 0.3) is 0 Å². The zero-order chi connectivity index (χ0) is 13.4. The minimum Gasteiger partial charge on any atom is -0.389 e. The third-order valence-corrected chi connectivity index (χ3v) is 4.62. The van der Waals surface area contributed by atoms with Crippen molar-refractivity contribution in [3.8, 4) is 0 Å². The van der Waals surface area contributed by atoms with Crippen molar-refractivity contribution in [1.29, 1.82) is 0 Å². The van der Waals surface area contributed by atoms with Crippen molar-refractivity contribution < 1.29 is 5.11 Å². The molecule has 0 heterocycles. The summed E-state index contributed by atoms with van der Waals surface area (Å²) in [6.45, 7) is 4.19. The molecule has 0 aliphatic heterocycles. The van der Waals surface area contributed by atoms with Crippen LogP contribution in [-0.2, 0) is 0 Å². The molecular formula is C16H22BrNO. The zero-order valence-corrected chi connectivity index (χ0v) is 13.1. The maximum atomic E-state index is 10.0. The molecule has 104 valence electrons. The fourth-order valence-electron chi connectivity index (χ4n) is 2.64. The minimum absolute atomic E-state index is 0.409. The highest BCUT2D eigenvalue weighted by atomic mass is 79.9. The number of anilines is 1. The lowest BCUT2D eigenvalue weighted by atomic mass is 10.1. The molecule has 1 aromatic carbocycles. The Hall–Kier alpha value is -0.540. The molecule has 0 saturated heterocycles. The number of hydrogen-bond acceptors (Lipinski definition) is 2. The Balaban J connectivity index is 1.85. The van der Waals surface area contributed by atoms with E-state index < -0.39 is 6.10 Å². The Labute approximate surface area is 123 Å². The summed E-state index contributed by atoms with van der Waals surface area (Å²) in [5.41, 5.74) is 2.28. The number of hydrogen-bond donors (Lipinski definition) is 1. The van der Waals surface area contributed by atoms with Gasteiger partial charge in [0.1, 0.15) is 0 Å². The van der Waals surface area contributed by atoms with Crippen LogP contribution in [0.5, 0.6) is 0 Å². The van der Waals surface area contributed by atoms with E-state index in [4.69, 9.17) is 0 Å². The predicted octanol–water partition coefficient (Wildman–Crippen LogP) is 4.13. The maximum Gasteiger partial charge on any atom is 0.0782 e. The molecule has 0 amide bonds. The van der Waals surface area contributed by atoms with Crippen molar-refractivity contribution in [2.75, 3.05) is 18.0 Å². The molecule has 2 fully saturated rings. The van der Waals surface area contributed by atoms with E-state index in [2.05, 4.69) is 39.0 Å². The van der Waals surface area contributed by atoms with E-state index in [9.17, 15) is 5.11 Å². The number of halogens is 1. The molecule has 19 heavy (non-hydrogen) atoms. The summed E-state index contributed by atoms with van der Waals surface area (Å²) in [5, 5.41) is 10.0. The van der Waals surface area contributed by atoms with Gasteiger partial charge in [-0.25, -0.2) is 0 Å². The Morgan fingerprint density at radius 2 is 1.79 bits per heavy atom. The van der Waals surface area contributed by atoms with Crippen LogP contribution < -0.4 is 4.90 Å². The van der Waals surface area contributed by atoms with Gasteiger partial charge in [0.2, 0.25) is 0 Å². The van der Waals surface area contributed by atoms with Crippen molar-refractivity contribution in [3.05, 3.63) is 28.2 Å². The summed E-state index contributed by atoms with van der Waals surface area (Å²) < 4.78 is 1.05. The third-order valence-electron chi connectivity index (χ3n) is 4.13. The molecule has 2 nitrogen and oxygen atoms in total. The zero-order valence-electron chi connectivity index (χ0n) is 11.5. The minimum atomic E-state index is -0.409. The maximum absolute atomic E-state index is 10.0. The van der Waals surface area contributed by atoms with E-state index >= 15 is 0 Å². The van der Waals surface area contributed by atoms with Crippen LogP contribution in [0.2, 0.25) is 0 Å². The molecule has 3 heteroatoms. The summed E-state index contributed by atoms with van der Waals surface area (Å²) >= 11 is 3.51. The fourth-order valence-corrected chi connectivity index (χ4v) is 3.02. The average Bonchev–Trinajstić information content (AvgIpc) is 3.23. The van der Waals surface area contributed by atoms with Crippen molar-refractivity contribution >= 4 is 21.6 Å². The summed E-state index contributed by atoms with van der Waals surface area (Å²) in [7, 11) is 0. The topological polar surface area (TPSA) is 23.5 Å². The van der Waals surface area contributed by atoms with E-state index in [1.165, 1.54) is 31.4 Å². The Morgan fingerprint density at radius 3 is 2.26 bits per heavy atom. The Morgan fingerprint density at radius 1 is 1.21 bits per heavy atom. The van der Waals surface area contributed by atoms with E-state index in [1.807, 2.05) is 6.92 Å². The van der Waals surface area contributed by atoms with Crippen LogP contribution >= 0.6 is 15.9 Å². The lowest BCUT2D eigenvalue weighted by Gasteiger charge is -2.28. The van der Waals surface area contributed by atoms with Crippen molar-refractivity contribution in [2.24, 2.45) is 11.8 Å². The van der Waals surface area contributed by atoms with Gasteiger partial charge in [0.15, 0.2) is 0 Å². The first-order valence-electron chi connectivity index (χ1n) is 7.36. The Bertz CT molecular complexity index is 438. The largest absolute Gasteiger partial charge is 0.389 e. The van der Waals surface area contributed by atoms with Gasteiger partial charge in [0.25, 0.3) is 0 Å². The number of aliphatic hydroxyl groups is 1. The van der Waals surface area contributed by atoms with Gasteiger partial charge in [0.05, 0.1) is 6.10 Å². The predicted molar refractivity (Wildman–Crippen MR) is 82.4 cm³/mol. The van der Waals surface area contributed by atoms with Crippen LogP contribution in [0.1, 0.15) is 44.3 Å². The lowest BCUT2D eigenvalue weighted by Crippen LogP contribution is -2.29. The van der Waals surface area contributed by atoms with E-state index in [0.717, 1.165) is 35.0 Å². The van der Waals surface area contributed by atoms with Crippen LogP contribution in [0.3, 0.4) is 0 Å². The van der Waals surface area contributed by atoms with E-state index in [0.29, 0.717) is 0 Å². The summed E-state index contributed by atoms with van der Waals surface area (Å²) in [6, 6.07) is 6.32. The van der Waals surface area contributed by atoms with Gasteiger partial charge in [-0.3, -0.25) is 0 Å². The molecule has 3 rings (SSSR count). The average molecular weight is 324 g/mol. The lowest BCUT2D eigenvalue weighted by molar-refractivity contribution is 0.199. The molecule has 1 aromatic rings. The molecule has 1 atom stereocenters. The van der Waals surface area contributed by atoms with Crippen molar-refractivity contribution in [2.45, 2.75) is 38.7 Å². The molecule has 1 unspecified atom stereocenters. The summed E-state index contributed by atoms with van der Waals surface area (Å²) in [6.07, 6.45) is 5.10. The van der Waals surface area contributed by atoms with Gasteiger partial charge < -0.3 is 10.0 Å². The SMILES string of the molecule is CC(O)c1cc(Br)ccc1N(CC1CC1)CC1CC1. The van der Waals surface area contributed by atoms with E-state index in [-0.39, 0.29) is 0 Å². The second kappa shape index (κ2) is 5.45. The van der Waals surface area contributed by atoms with Crippen LogP contribution in [0, 0.1) is 11.8 Å². The number of nitrogens with zero attached hydrogens (tertiary/aromatic N) is 1. The van der Waals surface area contributed by atoms with Crippen LogP contribution in [-0.4, -0.2) is 18.2 Å². The molecule has 2 saturated carbocycles. The first-order chi connectivity index (χ1) is 9.13. The summed E-state index contributed by atoms with van der Waals surface area (Å²) in [4.78, 5) is 2.52. The number of aliphatic hydroxyl groups excluding tert-OH is 1. The standard InChI is InChI=1S/C16H22BrNO/c1-11(19)15-8-14(17)6-7-16(15)18(9-12-2-3-12)10-13-4-5-13/h6-8,11-13,19H,2-5,9-10H2,1H3. The monoisotopic (exact) mass is 323 g/mol. The number of benzene rings is 1. The highest BCUT2D eigenvalue weighted by molar-refractivity contribution is 9.10. The Kier molecular flexibility index (Phi) is 3.86. The van der Waals surface area contributed by atoms with Gasteiger partial charge >= 0.3 is 0 Å². The molecular weight excluding hydrogens is 302 g/mol.